The predicted molar refractivity (Wildman–Crippen MR) is 77.8 cm³/mol. The van der Waals surface area contributed by atoms with Crippen LogP contribution in [0.2, 0.25) is 5.02 Å². The van der Waals surface area contributed by atoms with Crippen LogP contribution in [0.4, 0.5) is 4.39 Å². The predicted octanol–water partition coefficient (Wildman–Crippen LogP) is 3.60. The topological polar surface area (TPSA) is 29.3 Å². The molecule has 2 unspecified atom stereocenters. The highest BCUT2D eigenvalue weighted by atomic mass is 35.5. The Morgan fingerprint density at radius 2 is 2.32 bits per heavy atom. The van der Waals surface area contributed by atoms with Crippen molar-refractivity contribution in [2.24, 2.45) is 11.7 Å². The van der Waals surface area contributed by atoms with E-state index >= 15 is 0 Å². The van der Waals surface area contributed by atoms with Crippen molar-refractivity contribution in [3.8, 4) is 0 Å². The van der Waals surface area contributed by atoms with Gasteiger partial charge < -0.3 is 5.73 Å². The molecule has 1 aromatic carbocycles. The Bertz CT molecular complexity index is 425. The molecule has 0 spiro atoms. The van der Waals surface area contributed by atoms with Gasteiger partial charge in [-0.15, -0.1) is 0 Å². The minimum absolute atomic E-state index is 0.0995. The molecule has 1 heterocycles. The first kappa shape index (κ1) is 14.8. The highest BCUT2D eigenvalue weighted by molar-refractivity contribution is 6.31. The summed E-state index contributed by atoms with van der Waals surface area (Å²) < 4.78 is 13.1. The minimum atomic E-state index is -0.297. The van der Waals surface area contributed by atoms with E-state index in [1.165, 1.54) is 31.4 Å². The lowest BCUT2D eigenvalue weighted by Crippen LogP contribution is -2.41. The molecule has 0 aromatic heterocycles. The van der Waals surface area contributed by atoms with E-state index in [9.17, 15) is 4.39 Å². The minimum Gasteiger partial charge on any atom is -0.329 e. The largest absolute Gasteiger partial charge is 0.329 e. The second-order valence-corrected chi connectivity index (χ2v) is 5.74. The standard InChI is InChI=1S/C15H22ClFN2/c1-2-11-4-3-7-19(10-11)15(9-18)13-6-5-12(17)8-14(13)16/h5-6,8,11,15H,2-4,7,9-10,18H2,1H3. The van der Waals surface area contributed by atoms with E-state index in [0.29, 0.717) is 11.6 Å². The van der Waals surface area contributed by atoms with Crippen LogP contribution in [-0.2, 0) is 0 Å². The van der Waals surface area contributed by atoms with E-state index in [0.717, 1.165) is 24.6 Å². The Kier molecular flexibility index (Phi) is 5.20. The Labute approximate surface area is 119 Å². The van der Waals surface area contributed by atoms with Crippen LogP contribution in [0.1, 0.15) is 37.8 Å². The number of rotatable bonds is 4. The van der Waals surface area contributed by atoms with Crippen LogP contribution in [0.5, 0.6) is 0 Å². The molecule has 1 aromatic rings. The molecule has 0 saturated carbocycles. The van der Waals surface area contributed by atoms with Crippen molar-refractivity contribution in [3.05, 3.63) is 34.6 Å². The summed E-state index contributed by atoms with van der Waals surface area (Å²) in [4.78, 5) is 2.40. The van der Waals surface area contributed by atoms with Gasteiger partial charge in [0.25, 0.3) is 0 Å². The Morgan fingerprint density at radius 1 is 1.53 bits per heavy atom. The second kappa shape index (κ2) is 6.69. The van der Waals surface area contributed by atoms with Crippen molar-refractivity contribution >= 4 is 11.6 Å². The van der Waals surface area contributed by atoms with Gasteiger partial charge in [-0.05, 0) is 43.0 Å². The van der Waals surface area contributed by atoms with Gasteiger partial charge in [0.1, 0.15) is 5.82 Å². The Hall–Kier alpha value is -0.640. The molecule has 0 radical (unpaired) electrons. The summed E-state index contributed by atoms with van der Waals surface area (Å²) in [6.07, 6.45) is 3.69. The molecule has 1 saturated heterocycles. The molecule has 0 aliphatic carbocycles. The zero-order valence-corrected chi connectivity index (χ0v) is 12.2. The number of halogens is 2. The van der Waals surface area contributed by atoms with Crippen molar-refractivity contribution in [2.75, 3.05) is 19.6 Å². The van der Waals surface area contributed by atoms with Crippen molar-refractivity contribution in [2.45, 2.75) is 32.2 Å². The first-order chi connectivity index (χ1) is 9.15. The fraction of sp³-hybridized carbons (Fsp3) is 0.600. The van der Waals surface area contributed by atoms with E-state index < -0.39 is 0 Å². The number of hydrogen-bond donors (Lipinski definition) is 1. The van der Waals surface area contributed by atoms with Gasteiger partial charge in [0, 0.05) is 24.2 Å². The quantitative estimate of drug-likeness (QED) is 0.915. The summed E-state index contributed by atoms with van der Waals surface area (Å²) in [6.45, 7) is 4.86. The average molecular weight is 285 g/mol. The fourth-order valence-corrected chi connectivity index (χ4v) is 3.25. The van der Waals surface area contributed by atoms with Crippen LogP contribution in [0.3, 0.4) is 0 Å². The van der Waals surface area contributed by atoms with Crippen molar-refractivity contribution in [1.82, 2.24) is 4.90 Å². The lowest BCUT2D eigenvalue weighted by Gasteiger charge is -2.38. The lowest BCUT2D eigenvalue weighted by atomic mass is 9.93. The number of hydrogen-bond acceptors (Lipinski definition) is 2. The summed E-state index contributed by atoms with van der Waals surface area (Å²) in [5, 5.41) is 0.481. The van der Waals surface area contributed by atoms with Gasteiger partial charge in [0.15, 0.2) is 0 Å². The average Bonchev–Trinajstić information content (AvgIpc) is 2.42. The summed E-state index contributed by atoms with van der Waals surface area (Å²) in [5.74, 6) is 0.441. The van der Waals surface area contributed by atoms with Crippen molar-refractivity contribution < 1.29 is 4.39 Å². The van der Waals surface area contributed by atoms with Crippen LogP contribution in [0.25, 0.3) is 0 Å². The van der Waals surface area contributed by atoms with Crippen molar-refractivity contribution in [3.63, 3.8) is 0 Å². The highest BCUT2D eigenvalue weighted by Crippen LogP contribution is 2.31. The fourth-order valence-electron chi connectivity index (χ4n) is 2.96. The molecule has 4 heteroatoms. The van der Waals surface area contributed by atoms with Crippen LogP contribution < -0.4 is 5.73 Å². The lowest BCUT2D eigenvalue weighted by molar-refractivity contribution is 0.124. The maximum Gasteiger partial charge on any atom is 0.124 e. The van der Waals surface area contributed by atoms with Crippen LogP contribution >= 0.6 is 11.6 Å². The maximum atomic E-state index is 13.1. The summed E-state index contributed by atoms with van der Waals surface area (Å²) in [7, 11) is 0. The second-order valence-electron chi connectivity index (χ2n) is 5.33. The first-order valence-corrected chi connectivity index (χ1v) is 7.42. The molecule has 0 bridgehead atoms. The van der Waals surface area contributed by atoms with E-state index in [1.807, 2.05) is 0 Å². The number of piperidine rings is 1. The molecule has 2 rings (SSSR count). The van der Waals surface area contributed by atoms with Gasteiger partial charge in [-0.2, -0.15) is 0 Å². The smallest absolute Gasteiger partial charge is 0.124 e. The van der Waals surface area contributed by atoms with Gasteiger partial charge in [-0.25, -0.2) is 4.39 Å². The monoisotopic (exact) mass is 284 g/mol. The van der Waals surface area contributed by atoms with E-state index in [1.54, 1.807) is 6.07 Å². The Morgan fingerprint density at radius 3 is 2.95 bits per heavy atom. The van der Waals surface area contributed by atoms with Gasteiger partial charge in [-0.1, -0.05) is 31.0 Å². The maximum absolute atomic E-state index is 13.1. The van der Waals surface area contributed by atoms with E-state index in [-0.39, 0.29) is 11.9 Å². The third-order valence-corrected chi connectivity index (χ3v) is 4.44. The molecular formula is C15H22ClFN2. The third-order valence-electron chi connectivity index (χ3n) is 4.11. The summed E-state index contributed by atoms with van der Waals surface area (Å²) in [6, 6.07) is 4.71. The summed E-state index contributed by atoms with van der Waals surface area (Å²) in [5.41, 5.74) is 6.88. The normalized spacial score (nSPS) is 22.4. The van der Waals surface area contributed by atoms with Gasteiger partial charge >= 0.3 is 0 Å². The summed E-state index contributed by atoms with van der Waals surface area (Å²) >= 11 is 6.17. The molecule has 2 N–H and O–H groups in total. The molecule has 19 heavy (non-hydrogen) atoms. The van der Waals surface area contributed by atoms with Gasteiger partial charge in [0.05, 0.1) is 0 Å². The SMILES string of the molecule is CCC1CCCN(C(CN)c2ccc(F)cc2Cl)C1. The molecule has 2 nitrogen and oxygen atoms in total. The molecule has 2 atom stereocenters. The highest BCUT2D eigenvalue weighted by Gasteiger charge is 2.26. The number of benzene rings is 1. The van der Waals surface area contributed by atoms with E-state index in [4.69, 9.17) is 17.3 Å². The zero-order chi connectivity index (χ0) is 13.8. The third kappa shape index (κ3) is 3.47. The number of nitrogens with two attached hydrogens (primary N) is 1. The Balaban J connectivity index is 2.19. The molecule has 0 amide bonds. The number of nitrogens with zero attached hydrogens (tertiary/aromatic N) is 1. The van der Waals surface area contributed by atoms with Gasteiger partial charge in [0.2, 0.25) is 0 Å². The first-order valence-electron chi connectivity index (χ1n) is 7.04. The molecule has 1 aliphatic heterocycles. The molecular weight excluding hydrogens is 263 g/mol. The van der Waals surface area contributed by atoms with E-state index in [2.05, 4.69) is 11.8 Å². The molecule has 1 fully saturated rings. The van der Waals surface area contributed by atoms with Crippen LogP contribution in [0.15, 0.2) is 18.2 Å². The van der Waals surface area contributed by atoms with Crippen molar-refractivity contribution in [1.29, 1.82) is 0 Å². The van der Waals surface area contributed by atoms with Crippen LogP contribution in [-0.4, -0.2) is 24.5 Å². The van der Waals surface area contributed by atoms with Crippen LogP contribution in [0, 0.1) is 11.7 Å². The zero-order valence-electron chi connectivity index (χ0n) is 11.4. The van der Waals surface area contributed by atoms with Gasteiger partial charge in [-0.3, -0.25) is 4.90 Å². The number of likely N-dealkylation sites (tertiary alicyclic amines) is 1. The molecule has 106 valence electrons. The molecule has 1 aliphatic rings.